The van der Waals surface area contributed by atoms with Gasteiger partial charge < -0.3 is 21.1 Å². The number of halogens is 1. The van der Waals surface area contributed by atoms with Crippen molar-refractivity contribution in [2.24, 2.45) is 5.73 Å². The van der Waals surface area contributed by atoms with Crippen LogP contribution in [0.5, 0.6) is 5.75 Å². The van der Waals surface area contributed by atoms with E-state index in [0.29, 0.717) is 0 Å². The van der Waals surface area contributed by atoms with Crippen LogP contribution in [-0.4, -0.2) is 28.0 Å². The number of benzene rings is 1. The van der Waals surface area contributed by atoms with Crippen molar-refractivity contribution in [3.05, 3.63) is 29.6 Å². The molecule has 0 aliphatic carbocycles. The normalized spacial score (nSPS) is 14.9. The Morgan fingerprint density at radius 2 is 2.00 bits per heavy atom. The van der Waals surface area contributed by atoms with Crippen molar-refractivity contribution in [3.8, 4) is 5.75 Å². The molecule has 0 saturated heterocycles. The summed E-state index contributed by atoms with van der Waals surface area (Å²) in [5.41, 5.74) is 5.17. The smallest absolute Gasteiger partial charge is 0.123 e. The second-order valence-corrected chi connectivity index (χ2v) is 3.29. The number of hydrogen-bond acceptors (Lipinski definition) is 4. The highest BCUT2D eigenvalue weighted by Gasteiger charge is 2.21. The van der Waals surface area contributed by atoms with Gasteiger partial charge in [-0.15, -0.1) is 0 Å². The van der Waals surface area contributed by atoms with Crippen LogP contribution < -0.4 is 5.73 Å². The molecule has 4 nitrogen and oxygen atoms in total. The Kier molecular flexibility index (Phi) is 4.02. The molecule has 0 aliphatic heterocycles. The summed E-state index contributed by atoms with van der Waals surface area (Å²) in [5.74, 6) is -0.832. The summed E-state index contributed by atoms with van der Waals surface area (Å²) in [6.45, 7) is 0.203. The monoisotopic (exact) mass is 215 g/mol. The summed E-state index contributed by atoms with van der Waals surface area (Å²) < 4.78 is 12.8. The molecule has 0 aliphatic rings. The zero-order valence-electron chi connectivity index (χ0n) is 8.10. The highest BCUT2D eigenvalue weighted by molar-refractivity contribution is 5.34. The predicted octanol–water partition coefficient (Wildman–Crippen LogP) is 0.274. The maximum absolute atomic E-state index is 12.8. The van der Waals surface area contributed by atoms with E-state index in [-0.39, 0.29) is 24.3 Å². The van der Waals surface area contributed by atoms with E-state index in [9.17, 15) is 19.7 Å². The summed E-state index contributed by atoms with van der Waals surface area (Å²) >= 11 is 0. The fraction of sp³-hybridized carbons (Fsp3) is 0.400. The zero-order chi connectivity index (χ0) is 11.4. The quantitative estimate of drug-likeness (QED) is 0.581. The number of rotatable bonds is 4. The van der Waals surface area contributed by atoms with Crippen molar-refractivity contribution in [1.82, 2.24) is 0 Å². The lowest BCUT2D eigenvalue weighted by molar-refractivity contribution is 0.0135. The Labute approximate surface area is 86.8 Å². The van der Waals surface area contributed by atoms with Gasteiger partial charge in [0.05, 0.1) is 6.10 Å². The van der Waals surface area contributed by atoms with Crippen LogP contribution in [0.4, 0.5) is 4.39 Å². The van der Waals surface area contributed by atoms with Gasteiger partial charge in [0.1, 0.15) is 17.7 Å². The van der Waals surface area contributed by atoms with Gasteiger partial charge in [0.25, 0.3) is 0 Å². The van der Waals surface area contributed by atoms with Crippen molar-refractivity contribution in [2.75, 3.05) is 6.54 Å². The molecule has 1 aromatic carbocycles. The third-order valence-corrected chi connectivity index (χ3v) is 2.14. The largest absolute Gasteiger partial charge is 0.508 e. The lowest BCUT2D eigenvalue weighted by Crippen LogP contribution is -2.21. The van der Waals surface area contributed by atoms with Gasteiger partial charge in [-0.2, -0.15) is 0 Å². The predicted molar refractivity (Wildman–Crippen MR) is 52.7 cm³/mol. The SMILES string of the molecule is NCCC(O)C(O)c1cc(F)ccc1O. The fourth-order valence-electron chi connectivity index (χ4n) is 1.30. The number of phenolic OH excluding ortho intramolecular Hbond substituents is 1. The second-order valence-electron chi connectivity index (χ2n) is 3.29. The number of aliphatic hydroxyl groups is 2. The number of aromatic hydroxyl groups is 1. The van der Waals surface area contributed by atoms with Crippen LogP contribution in [0.3, 0.4) is 0 Å². The highest BCUT2D eigenvalue weighted by atomic mass is 19.1. The van der Waals surface area contributed by atoms with Gasteiger partial charge in [-0.1, -0.05) is 0 Å². The summed E-state index contributed by atoms with van der Waals surface area (Å²) in [6, 6.07) is 3.18. The van der Waals surface area contributed by atoms with Crippen LogP contribution in [0.25, 0.3) is 0 Å². The van der Waals surface area contributed by atoms with Gasteiger partial charge >= 0.3 is 0 Å². The topological polar surface area (TPSA) is 86.7 Å². The number of aliphatic hydroxyl groups excluding tert-OH is 2. The molecule has 0 amide bonds. The van der Waals surface area contributed by atoms with Crippen LogP contribution in [0.15, 0.2) is 18.2 Å². The average molecular weight is 215 g/mol. The van der Waals surface area contributed by atoms with E-state index in [1.807, 2.05) is 0 Å². The molecule has 0 heterocycles. The summed E-state index contributed by atoms with van der Waals surface area (Å²) in [6.07, 6.45) is -2.26. The van der Waals surface area contributed by atoms with E-state index in [1.165, 1.54) is 0 Å². The molecule has 0 aromatic heterocycles. The van der Waals surface area contributed by atoms with Crippen molar-refractivity contribution < 1.29 is 19.7 Å². The van der Waals surface area contributed by atoms with Crippen molar-refractivity contribution in [1.29, 1.82) is 0 Å². The Bertz CT molecular complexity index is 332. The Morgan fingerprint density at radius 3 is 2.60 bits per heavy atom. The van der Waals surface area contributed by atoms with Crippen LogP contribution in [0.2, 0.25) is 0 Å². The first kappa shape index (κ1) is 11.9. The minimum atomic E-state index is -1.33. The van der Waals surface area contributed by atoms with E-state index in [2.05, 4.69) is 0 Å². The Hall–Kier alpha value is -1.17. The third kappa shape index (κ3) is 2.89. The lowest BCUT2D eigenvalue weighted by atomic mass is 10.0. The first-order valence-corrected chi connectivity index (χ1v) is 4.61. The molecule has 1 aromatic rings. The molecule has 2 unspecified atom stereocenters. The summed E-state index contributed by atoms with van der Waals surface area (Å²) in [5, 5.41) is 28.4. The van der Waals surface area contributed by atoms with Crippen molar-refractivity contribution >= 4 is 0 Å². The van der Waals surface area contributed by atoms with Crippen LogP contribution in [0, 0.1) is 5.82 Å². The molecular formula is C10H14FNO3. The molecule has 0 fully saturated rings. The minimum absolute atomic E-state index is 0.0315. The molecule has 2 atom stereocenters. The van der Waals surface area contributed by atoms with E-state index in [0.717, 1.165) is 18.2 Å². The van der Waals surface area contributed by atoms with Gasteiger partial charge in [0.2, 0.25) is 0 Å². The van der Waals surface area contributed by atoms with Crippen molar-refractivity contribution in [3.63, 3.8) is 0 Å². The molecule has 0 saturated carbocycles. The maximum atomic E-state index is 12.8. The Balaban J connectivity index is 2.89. The molecule has 15 heavy (non-hydrogen) atoms. The number of hydrogen-bond donors (Lipinski definition) is 4. The van der Waals surface area contributed by atoms with Gasteiger partial charge in [0.15, 0.2) is 0 Å². The van der Waals surface area contributed by atoms with Crippen LogP contribution in [-0.2, 0) is 0 Å². The zero-order valence-corrected chi connectivity index (χ0v) is 8.10. The highest BCUT2D eigenvalue weighted by Crippen LogP contribution is 2.27. The molecule has 0 bridgehead atoms. The van der Waals surface area contributed by atoms with Crippen LogP contribution >= 0.6 is 0 Å². The molecule has 0 spiro atoms. The van der Waals surface area contributed by atoms with E-state index in [4.69, 9.17) is 5.73 Å². The first-order valence-electron chi connectivity index (χ1n) is 4.61. The average Bonchev–Trinajstić information content (AvgIpc) is 2.21. The van der Waals surface area contributed by atoms with E-state index < -0.39 is 18.0 Å². The van der Waals surface area contributed by atoms with E-state index >= 15 is 0 Å². The lowest BCUT2D eigenvalue weighted by Gasteiger charge is -2.18. The van der Waals surface area contributed by atoms with Gasteiger partial charge in [-0.3, -0.25) is 0 Å². The minimum Gasteiger partial charge on any atom is -0.508 e. The third-order valence-electron chi connectivity index (χ3n) is 2.14. The molecule has 5 heteroatoms. The molecule has 1 rings (SSSR count). The fourth-order valence-corrected chi connectivity index (χ4v) is 1.30. The van der Waals surface area contributed by atoms with E-state index in [1.54, 1.807) is 0 Å². The number of nitrogens with two attached hydrogens (primary N) is 1. The standard InChI is InChI=1S/C10H14FNO3/c11-6-1-2-8(13)7(5-6)10(15)9(14)3-4-12/h1-2,5,9-10,13-15H,3-4,12H2. The second kappa shape index (κ2) is 5.06. The summed E-state index contributed by atoms with van der Waals surface area (Å²) in [4.78, 5) is 0. The molecular weight excluding hydrogens is 201 g/mol. The molecule has 84 valence electrons. The molecule has 0 radical (unpaired) electrons. The molecule has 5 N–H and O–H groups in total. The first-order chi connectivity index (χ1) is 7.06. The van der Waals surface area contributed by atoms with Crippen LogP contribution in [0.1, 0.15) is 18.1 Å². The number of phenols is 1. The van der Waals surface area contributed by atoms with Crippen molar-refractivity contribution in [2.45, 2.75) is 18.6 Å². The van der Waals surface area contributed by atoms with Gasteiger partial charge in [-0.05, 0) is 31.2 Å². The Morgan fingerprint density at radius 1 is 1.33 bits per heavy atom. The summed E-state index contributed by atoms with van der Waals surface area (Å²) in [7, 11) is 0. The maximum Gasteiger partial charge on any atom is 0.123 e. The van der Waals surface area contributed by atoms with Gasteiger partial charge in [-0.25, -0.2) is 4.39 Å². The van der Waals surface area contributed by atoms with Gasteiger partial charge in [0, 0.05) is 5.56 Å².